The molecule has 4 aromatic rings. The Labute approximate surface area is 183 Å². The number of nitrogens with one attached hydrogen (secondary N) is 2. The van der Waals surface area contributed by atoms with Crippen LogP contribution in [0.15, 0.2) is 47.0 Å². The molecule has 0 aliphatic carbocycles. The van der Waals surface area contributed by atoms with Crippen LogP contribution in [-0.4, -0.2) is 39.1 Å². The summed E-state index contributed by atoms with van der Waals surface area (Å²) in [5.41, 5.74) is 2.90. The van der Waals surface area contributed by atoms with Gasteiger partial charge in [-0.05, 0) is 50.1 Å². The second-order valence-electron chi connectivity index (χ2n) is 7.99. The zero-order valence-corrected chi connectivity index (χ0v) is 17.6. The largest absolute Gasteiger partial charge is 0.369 e. The molecule has 32 heavy (non-hydrogen) atoms. The Hall–Kier alpha value is -3.75. The molecule has 0 unspecified atom stereocenters. The number of hydrogen-bond acceptors (Lipinski definition) is 6. The van der Waals surface area contributed by atoms with Crippen LogP contribution < -0.4 is 10.2 Å². The molecule has 0 bridgehead atoms. The number of carbonyl (C=O) groups is 1. The summed E-state index contributed by atoms with van der Waals surface area (Å²) in [6.07, 6.45) is 1.33. The number of imidazole rings is 1. The first-order valence-electron chi connectivity index (χ1n) is 10.6. The number of rotatable bonds is 5. The highest BCUT2D eigenvalue weighted by Crippen LogP contribution is 2.29. The van der Waals surface area contributed by atoms with Crippen LogP contribution in [0.4, 0.5) is 10.1 Å². The molecule has 1 saturated heterocycles. The van der Waals surface area contributed by atoms with Gasteiger partial charge in [0.1, 0.15) is 11.6 Å². The molecule has 0 spiro atoms. The SMILES string of the molecule is Cc1noc(-c2ccc(N3CCC(C(=O)NCc4nc5ccccc5[nH]4)CC3)c(F)c2)n1. The van der Waals surface area contributed by atoms with Crippen molar-refractivity contribution in [1.29, 1.82) is 0 Å². The van der Waals surface area contributed by atoms with E-state index in [9.17, 15) is 9.18 Å². The number of halogens is 1. The van der Waals surface area contributed by atoms with Crippen LogP contribution >= 0.6 is 0 Å². The van der Waals surface area contributed by atoms with E-state index in [-0.39, 0.29) is 17.6 Å². The van der Waals surface area contributed by atoms with Gasteiger partial charge >= 0.3 is 0 Å². The molecule has 1 amide bonds. The predicted octanol–water partition coefficient (Wildman–Crippen LogP) is 3.59. The average molecular weight is 434 g/mol. The van der Waals surface area contributed by atoms with Crippen LogP contribution in [0.1, 0.15) is 24.5 Å². The van der Waals surface area contributed by atoms with E-state index in [4.69, 9.17) is 4.52 Å². The molecule has 164 valence electrons. The number of nitrogens with zero attached hydrogens (tertiary/aromatic N) is 4. The third kappa shape index (κ3) is 4.05. The van der Waals surface area contributed by atoms with E-state index in [2.05, 4.69) is 25.4 Å². The third-order valence-electron chi connectivity index (χ3n) is 5.80. The summed E-state index contributed by atoms with van der Waals surface area (Å²) in [4.78, 5) is 26.4. The number of aryl methyl sites for hydroxylation is 1. The van der Waals surface area contributed by atoms with Crippen LogP contribution in [-0.2, 0) is 11.3 Å². The van der Waals surface area contributed by atoms with Gasteiger partial charge in [-0.15, -0.1) is 0 Å². The summed E-state index contributed by atoms with van der Waals surface area (Å²) in [6.45, 7) is 3.30. The van der Waals surface area contributed by atoms with Crippen molar-refractivity contribution >= 4 is 22.6 Å². The Balaban J connectivity index is 1.17. The van der Waals surface area contributed by atoms with E-state index in [1.807, 2.05) is 29.2 Å². The maximum atomic E-state index is 14.8. The lowest BCUT2D eigenvalue weighted by Gasteiger charge is -2.33. The molecule has 2 aromatic carbocycles. The summed E-state index contributed by atoms with van der Waals surface area (Å²) >= 11 is 0. The maximum absolute atomic E-state index is 14.8. The number of carbonyl (C=O) groups excluding carboxylic acids is 1. The number of benzene rings is 2. The normalized spacial score (nSPS) is 14.8. The Morgan fingerprint density at radius 3 is 2.75 bits per heavy atom. The van der Waals surface area contributed by atoms with E-state index < -0.39 is 0 Å². The molecule has 0 atom stereocenters. The smallest absolute Gasteiger partial charge is 0.258 e. The summed E-state index contributed by atoms with van der Waals surface area (Å²) in [7, 11) is 0. The van der Waals surface area contributed by atoms with Gasteiger partial charge in [0.25, 0.3) is 5.89 Å². The highest BCUT2D eigenvalue weighted by atomic mass is 19.1. The number of H-pyrrole nitrogens is 1. The van der Waals surface area contributed by atoms with Gasteiger partial charge in [-0.2, -0.15) is 4.98 Å². The van der Waals surface area contributed by atoms with Crippen molar-refractivity contribution in [3.63, 3.8) is 0 Å². The number of fused-ring (bicyclic) bond motifs is 1. The van der Waals surface area contributed by atoms with Gasteiger partial charge < -0.3 is 19.7 Å². The van der Waals surface area contributed by atoms with E-state index in [0.29, 0.717) is 55.4 Å². The second kappa shape index (κ2) is 8.41. The lowest BCUT2D eigenvalue weighted by Crippen LogP contribution is -2.40. The summed E-state index contributed by atoms with van der Waals surface area (Å²) in [5.74, 6) is 1.10. The lowest BCUT2D eigenvalue weighted by molar-refractivity contribution is -0.125. The van der Waals surface area contributed by atoms with Crippen molar-refractivity contribution in [2.75, 3.05) is 18.0 Å². The molecule has 8 nitrogen and oxygen atoms in total. The molecule has 5 rings (SSSR count). The summed E-state index contributed by atoms with van der Waals surface area (Å²) in [5, 5.41) is 6.72. The molecule has 9 heteroatoms. The van der Waals surface area contributed by atoms with Gasteiger partial charge in [0.15, 0.2) is 5.82 Å². The van der Waals surface area contributed by atoms with Gasteiger partial charge in [0.05, 0.1) is 23.3 Å². The number of amides is 1. The van der Waals surface area contributed by atoms with Gasteiger partial charge in [-0.3, -0.25) is 4.79 Å². The number of anilines is 1. The quantitative estimate of drug-likeness (QED) is 0.498. The predicted molar refractivity (Wildman–Crippen MR) is 117 cm³/mol. The fraction of sp³-hybridized carbons (Fsp3) is 0.304. The first-order chi connectivity index (χ1) is 15.6. The molecule has 1 aliphatic rings. The van der Waals surface area contributed by atoms with Crippen molar-refractivity contribution in [2.45, 2.75) is 26.3 Å². The monoisotopic (exact) mass is 434 g/mol. The Morgan fingerprint density at radius 2 is 2.03 bits per heavy atom. The van der Waals surface area contributed by atoms with E-state index in [0.717, 1.165) is 16.9 Å². The Bertz CT molecular complexity index is 1230. The summed E-state index contributed by atoms with van der Waals surface area (Å²) < 4.78 is 19.9. The minimum absolute atomic E-state index is 0.00712. The standard InChI is InChI=1S/C23H23FN6O2/c1-14-26-23(32-29-14)16-6-7-20(17(24)12-16)30-10-8-15(9-11-30)22(31)25-13-21-27-18-4-2-3-5-19(18)28-21/h2-7,12,15H,8-11,13H2,1H3,(H,25,31)(H,27,28). The second-order valence-corrected chi connectivity index (χ2v) is 7.99. The number of aromatic amines is 1. The van der Waals surface area contributed by atoms with Crippen molar-refractivity contribution in [3.05, 3.63) is 59.9 Å². The molecule has 1 aliphatic heterocycles. The van der Waals surface area contributed by atoms with Crippen LogP contribution in [0.2, 0.25) is 0 Å². The highest BCUT2D eigenvalue weighted by Gasteiger charge is 2.26. The van der Waals surface area contributed by atoms with Crippen LogP contribution in [0.3, 0.4) is 0 Å². The summed E-state index contributed by atoms with van der Waals surface area (Å²) in [6, 6.07) is 12.7. The molecule has 2 N–H and O–H groups in total. The third-order valence-corrected chi connectivity index (χ3v) is 5.80. The fourth-order valence-electron chi connectivity index (χ4n) is 4.10. The van der Waals surface area contributed by atoms with E-state index in [1.54, 1.807) is 19.1 Å². The first-order valence-corrected chi connectivity index (χ1v) is 10.6. The van der Waals surface area contributed by atoms with Crippen molar-refractivity contribution in [1.82, 2.24) is 25.4 Å². The van der Waals surface area contributed by atoms with Gasteiger partial charge in [0, 0.05) is 24.6 Å². The van der Waals surface area contributed by atoms with Gasteiger partial charge in [0.2, 0.25) is 5.91 Å². The van der Waals surface area contributed by atoms with E-state index in [1.165, 1.54) is 6.07 Å². The molecule has 0 radical (unpaired) electrons. The van der Waals surface area contributed by atoms with E-state index >= 15 is 0 Å². The molecular formula is C23H23FN6O2. The Kier molecular flexibility index (Phi) is 5.30. The molecule has 2 aromatic heterocycles. The topological polar surface area (TPSA) is 99.9 Å². The van der Waals surface area contributed by atoms with Crippen LogP contribution in [0.25, 0.3) is 22.5 Å². The number of para-hydroxylation sites is 2. The van der Waals surface area contributed by atoms with Gasteiger partial charge in [-0.1, -0.05) is 17.3 Å². The van der Waals surface area contributed by atoms with Crippen molar-refractivity contribution in [2.24, 2.45) is 5.92 Å². The lowest BCUT2D eigenvalue weighted by atomic mass is 9.95. The minimum atomic E-state index is -0.342. The Morgan fingerprint density at radius 1 is 1.22 bits per heavy atom. The average Bonchev–Trinajstić information content (AvgIpc) is 3.43. The minimum Gasteiger partial charge on any atom is -0.369 e. The maximum Gasteiger partial charge on any atom is 0.258 e. The zero-order valence-electron chi connectivity index (χ0n) is 17.6. The molecule has 1 fully saturated rings. The number of hydrogen-bond donors (Lipinski definition) is 2. The van der Waals surface area contributed by atoms with Crippen LogP contribution in [0.5, 0.6) is 0 Å². The molecule has 3 heterocycles. The van der Waals surface area contributed by atoms with Crippen molar-refractivity contribution in [3.8, 4) is 11.5 Å². The van der Waals surface area contributed by atoms with Crippen molar-refractivity contribution < 1.29 is 13.7 Å². The highest BCUT2D eigenvalue weighted by molar-refractivity contribution is 5.79. The van der Waals surface area contributed by atoms with Gasteiger partial charge in [-0.25, -0.2) is 9.37 Å². The first kappa shape index (κ1) is 20.2. The van der Waals surface area contributed by atoms with Crippen LogP contribution in [0, 0.1) is 18.7 Å². The molecular weight excluding hydrogens is 411 g/mol. The number of piperidine rings is 1. The molecule has 0 saturated carbocycles. The number of aromatic nitrogens is 4. The fourth-order valence-corrected chi connectivity index (χ4v) is 4.10. The zero-order chi connectivity index (χ0) is 22.1.